The summed E-state index contributed by atoms with van der Waals surface area (Å²) in [4.78, 5) is 29.2. The minimum atomic E-state index is -0.465. The monoisotopic (exact) mass is 418 g/mol. The first-order chi connectivity index (χ1) is 15.0. The SMILES string of the molecule is Cc1cc(CC(=O)C2(c3ccc4c(c3)OCO4)CC2)ncc1-c1cccc(C(N)=O)c1.[HH].[HH]. The van der Waals surface area contributed by atoms with E-state index in [1.165, 1.54) is 0 Å². The second-order valence-electron chi connectivity index (χ2n) is 8.19. The summed E-state index contributed by atoms with van der Waals surface area (Å²) in [5, 5.41) is 0. The van der Waals surface area contributed by atoms with Crippen LogP contribution in [-0.4, -0.2) is 23.5 Å². The zero-order valence-electron chi connectivity index (χ0n) is 17.2. The number of ketones is 1. The Morgan fingerprint density at radius 1 is 1.10 bits per heavy atom. The Kier molecular flexibility index (Phi) is 4.50. The number of hydrogen-bond donors (Lipinski definition) is 1. The zero-order chi connectivity index (χ0) is 21.6. The Labute approximate surface area is 183 Å². The molecule has 2 aromatic carbocycles. The van der Waals surface area contributed by atoms with Gasteiger partial charge in [0.15, 0.2) is 11.5 Å². The molecule has 6 heteroatoms. The fourth-order valence-electron chi connectivity index (χ4n) is 4.23. The smallest absolute Gasteiger partial charge is 0.248 e. The van der Waals surface area contributed by atoms with Crippen molar-refractivity contribution in [3.8, 4) is 22.6 Å². The van der Waals surface area contributed by atoms with Crippen LogP contribution in [-0.2, 0) is 16.6 Å². The molecule has 3 aromatic rings. The van der Waals surface area contributed by atoms with Gasteiger partial charge in [0.25, 0.3) is 0 Å². The van der Waals surface area contributed by atoms with Crippen molar-refractivity contribution in [3.05, 3.63) is 77.1 Å². The molecule has 1 amide bonds. The number of carbonyl (C=O) groups is 2. The second kappa shape index (κ2) is 7.23. The maximum Gasteiger partial charge on any atom is 0.248 e. The van der Waals surface area contributed by atoms with Crippen molar-refractivity contribution in [3.63, 3.8) is 0 Å². The van der Waals surface area contributed by atoms with Crippen LogP contribution < -0.4 is 15.2 Å². The Balaban J connectivity index is 0.00000153. The molecule has 5 rings (SSSR count). The highest BCUT2D eigenvalue weighted by Crippen LogP contribution is 2.51. The topological polar surface area (TPSA) is 91.5 Å². The first-order valence-electron chi connectivity index (χ1n) is 10.3. The number of aromatic nitrogens is 1. The summed E-state index contributed by atoms with van der Waals surface area (Å²) >= 11 is 0. The number of rotatable bonds is 6. The van der Waals surface area contributed by atoms with Crippen LogP contribution in [0.3, 0.4) is 0 Å². The second-order valence-corrected chi connectivity index (χ2v) is 8.19. The first kappa shape index (κ1) is 19.3. The molecule has 0 atom stereocenters. The third kappa shape index (κ3) is 3.44. The number of hydrogen-bond acceptors (Lipinski definition) is 5. The Hall–Kier alpha value is -3.67. The molecule has 1 fully saturated rings. The largest absolute Gasteiger partial charge is 0.454 e. The predicted octanol–water partition coefficient (Wildman–Crippen LogP) is 4.22. The first-order valence-corrected chi connectivity index (χ1v) is 10.3. The van der Waals surface area contributed by atoms with Crippen molar-refractivity contribution in [2.45, 2.75) is 31.6 Å². The van der Waals surface area contributed by atoms with Crippen LogP contribution in [0.2, 0.25) is 0 Å². The van der Waals surface area contributed by atoms with Gasteiger partial charge in [-0.25, -0.2) is 0 Å². The summed E-state index contributed by atoms with van der Waals surface area (Å²) in [6.07, 6.45) is 3.71. The van der Waals surface area contributed by atoms with Crippen LogP contribution in [0, 0.1) is 6.92 Å². The van der Waals surface area contributed by atoms with Gasteiger partial charge < -0.3 is 15.2 Å². The minimum Gasteiger partial charge on any atom is -0.454 e. The molecule has 2 N–H and O–H groups in total. The van der Waals surface area contributed by atoms with E-state index in [2.05, 4.69) is 4.98 Å². The molecule has 2 heterocycles. The minimum absolute atomic E-state index is 0. The fraction of sp³-hybridized carbons (Fsp3) is 0.240. The van der Waals surface area contributed by atoms with Gasteiger partial charge in [-0.2, -0.15) is 0 Å². The van der Waals surface area contributed by atoms with E-state index in [9.17, 15) is 9.59 Å². The average molecular weight is 418 g/mol. The Morgan fingerprint density at radius 3 is 2.65 bits per heavy atom. The van der Waals surface area contributed by atoms with E-state index in [4.69, 9.17) is 15.2 Å². The standard InChI is InChI=1S/C25H22N2O4.2H2/c1-15-9-19(27-13-20(15)16-3-2-4-17(10-16)24(26)29)12-23(28)25(7-8-25)18-5-6-21-22(11-18)31-14-30-21;;/h2-6,9-11,13H,7-8,12,14H2,1H3,(H2,26,29);2*1H. The highest BCUT2D eigenvalue weighted by Gasteiger charge is 2.51. The molecule has 0 unspecified atom stereocenters. The molecule has 0 bridgehead atoms. The normalized spacial score (nSPS) is 15.5. The van der Waals surface area contributed by atoms with E-state index in [1.807, 2.05) is 37.3 Å². The average Bonchev–Trinajstić information content (AvgIpc) is 3.45. The van der Waals surface area contributed by atoms with Gasteiger partial charge in [-0.05, 0) is 66.8 Å². The van der Waals surface area contributed by atoms with E-state index in [0.717, 1.165) is 46.5 Å². The van der Waals surface area contributed by atoms with Crippen LogP contribution in [0.4, 0.5) is 0 Å². The lowest BCUT2D eigenvalue weighted by atomic mass is 9.88. The number of carbonyl (C=O) groups excluding carboxylic acids is 2. The summed E-state index contributed by atoms with van der Waals surface area (Å²) in [5.41, 5.74) is 9.90. The van der Waals surface area contributed by atoms with Crippen LogP contribution in [0.1, 0.15) is 42.9 Å². The summed E-state index contributed by atoms with van der Waals surface area (Å²) in [6, 6.07) is 14.9. The van der Waals surface area contributed by atoms with E-state index in [-0.39, 0.29) is 21.9 Å². The molecule has 31 heavy (non-hydrogen) atoms. The molecule has 0 radical (unpaired) electrons. The molecule has 1 saturated carbocycles. The van der Waals surface area contributed by atoms with Crippen LogP contribution in [0.5, 0.6) is 11.5 Å². The lowest BCUT2D eigenvalue weighted by molar-refractivity contribution is -0.120. The quantitative estimate of drug-likeness (QED) is 0.647. The van der Waals surface area contributed by atoms with Crippen molar-refractivity contribution in [2.75, 3.05) is 6.79 Å². The van der Waals surface area contributed by atoms with Gasteiger partial charge in [-0.3, -0.25) is 14.6 Å². The molecular formula is C25H26N2O4. The Morgan fingerprint density at radius 2 is 1.90 bits per heavy atom. The van der Waals surface area contributed by atoms with Crippen molar-refractivity contribution in [1.82, 2.24) is 4.98 Å². The number of amides is 1. The van der Waals surface area contributed by atoms with Crippen LogP contribution >= 0.6 is 0 Å². The van der Waals surface area contributed by atoms with Gasteiger partial charge in [-0.15, -0.1) is 0 Å². The maximum atomic E-state index is 13.2. The molecule has 160 valence electrons. The molecule has 6 nitrogen and oxygen atoms in total. The lowest BCUT2D eigenvalue weighted by Crippen LogP contribution is -2.23. The van der Waals surface area contributed by atoms with Crippen LogP contribution in [0.25, 0.3) is 11.1 Å². The van der Waals surface area contributed by atoms with Gasteiger partial charge >= 0.3 is 0 Å². The number of nitrogens with zero attached hydrogens (tertiary/aromatic N) is 1. The highest BCUT2D eigenvalue weighted by atomic mass is 16.7. The summed E-state index contributed by atoms with van der Waals surface area (Å²) < 4.78 is 10.9. The molecule has 0 spiro atoms. The molecule has 2 aliphatic rings. The van der Waals surface area contributed by atoms with Gasteiger partial charge in [0, 0.05) is 32.3 Å². The lowest BCUT2D eigenvalue weighted by Gasteiger charge is -2.15. The van der Waals surface area contributed by atoms with Crippen molar-refractivity contribution >= 4 is 11.7 Å². The molecule has 1 aliphatic carbocycles. The number of aryl methyl sites for hydroxylation is 1. The summed E-state index contributed by atoms with van der Waals surface area (Å²) in [5.74, 6) is 1.13. The zero-order valence-corrected chi connectivity index (χ0v) is 17.2. The van der Waals surface area contributed by atoms with Gasteiger partial charge in [0.1, 0.15) is 5.78 Å². The van der Waals surface area contributed by atoms with E-state index >= 15 is 0 Å². The number of ether oxygens (including phenoxy) is 2. The molecule has 1 aliphatic heterocycles. The highest BCUT2D eigenvalue weighted by molar-refractivity contribution is 5.95. The van der Waals surface area contributed by atoms with E-state index in [1.54, 1.807) is 24.4 Å². The number of benzene rings is 2. The van der Waals surface area contributed by atoms with Gasteiger partial charge in [-0.1, -0.05) is 18.2 Å². The third-order valence-electron chi connectivity index (χ3n) is 6.18. The third-order valence-corrected chi connectivity index (χ3v) is 6.18. The van der Waals surface area contributed by atoms with Gasteiger partial charge in [0.05, 0.1) is 5.41 Å². The number of Topliss-reactive ketones (excluding diaryl/α,β-unsaturated/α-hetero) is 1. The number of nitrogens with two attached hydrogens (primary N) is 1. The fourth-order valence-corrected chi connectivity index (χ4v) is 4.23. The van der Waals surface area contributed by atoms with E-state index in [0.29, 0.717) is 11.3 Å². The van der Waals surface area contributed by atoms with Crippen molar-refractivity contribution < 1.29 is 21.9 Å². The molecule has 0 saturated heterocycles. The number of fused-ring (bicyclic) bond motifs is 1. The number of primary amides is 1. The maximum absolute atomic E-state index is 13.2. The summed E-state index contributed by atoms with van der Waals surface area (Å²) in [6.45, 7) is 2.20. The van der Waals surface area contributed by atoms with Gasteiger partial charge in [0.2, 0.25) is 12.7 Å². The van der Waals surface area contributed by atoms with Crippen molar-refractivity contribution in [2.24, 2.45) is 5.73 Å². The number of pyridine rings is 1. The Bertz CT molecular complexity index is 1220. The van der Waals surface area contributed by atoms with E-state index < -0.39 is 11.3 Å². The molecule has 1 aromatic heterocycles. The van der Waals surface area contributed by atoms with Crippen LogP contribution in [0.15, 0.2) is 54.7 Å². The van der Waals surface area contributed by atoms with Crippen molar-refractivity contribution in [1.29, 1.82) is 0 Å². The summed E-state index contributed by atoms with van der Waals surface area (Å²) in [7, 11) is 0. The molecular weight excluding hydrogens is 392 g/mol. The predicted molar refractivity (Wildman–Crippen MR) is 119 cm³/mol.